The van der Waals surface area contributed by atoms with E-state index in [0.29, 0.717) is 17.5 Å². The Bertz CT molecular complexity index is 715. The Labute approximate surface area is 145 Å². The van der Waals surface area contributed by atoms with Gasteiger partial charge in [-0.25, -0.2) is 4.98 Å². The van der Waals surface area contributed by atoms with Gasteiger partial charge in [-0.1, -0.05) is 18.2 Å². The molecule has 2 amide bonds. The molecule has 24 heavy (non-hydrogen) atoms. The first-order valence-electron chi connectivity index (χ1n) is 7.70. The number of nitrogens with zero attached hydrogens (tertiary/aromatic N) is 1. The van der Waals surface area contributed by atoms with Crippen molar-refractivity contribution in [3.8, 4) is 5.75 Å². The topological polar surface area (TPSA) is 80.3 Å². The lowest BCUT2D eigenvalue weighted by Gasteiger charge is -2.20. The first-order chi connectivity index (χ1) is 11.5. The van der Waals surface area contributed by atoms with Gasteiger partial charge >= 0.3 is 0 Å². The molecule has 2 rings (SSSR count). The van der Waals surface area contributed by atoms with Gasteiger partial charge in [0, 0.05) is 23.6 Å². The summed E-state index contributed by atoms with van der Waals surface area (Å²) in [5.74, 6) is 0.246. The standard InChI is InChI=1S/C17H21N3O3S/c1-4-23-15-8-6-5-7-13(15)14(19-12(3)21)9-16(22)20-17-18-10-11(2)24-17/h5-8,10,14H,4,9H2,1-3H3,(H,19,21)(H,18,20,22)/t14-/m0/s1. The molecule has 1 aromatic heterocycles. The Balaban J connectivity index is 2.16. The second-order valence-electron chi connectivity index (χ2n) is 5.25. The van der Waals surface area contributed by atoms with E-state index in [1.165, 1.54) is 18.3 Å². The average Bonchev–Trinajstić information content (AvgIpc) is 2.92. The number of rotatable bonds is 7. The molecule has 0 spiro atoms. The number of aryl methyl sites for hydroxylation is 1. The van der Waals surface area contributed by atoms with Gasteiger partial charge in [0.25, 0.3) is 0 Å². The molecule has 0 unspecified atom stereocenters. The van der Waals surface area contributed by atoms with E-state index in [9.17, 15) is 9.59 Å². The molecule has 0 radical (unpaired) electrons. The summed E-state index contributed by atoms with van der Waals surface area (Å²) in [6.07, 6.45) is 1.80. The van der Waals surface area contributed by atoms with Gasteiger partial charge in [0.2, 0.25) is 11.8 Å². The van der Waals surface area contributed by atoms with Crippen LogP contribution in [0.15, 0.2) is 30.5 Å². The Hall–Kier alpha value is -2.41. The molecule has 0 aliphatic rings. The van der Waals surface area contributed by atoms with Gasteiger partial charge in [0.05, 0.1) is 19.1 Å². The molecule has 6 nitrogen and oxygen atoms in total. The molecule has 0 saturated heterocycles. The van der Waals surface area contributed by atoms with Crippen LogP contribution >= 0.6 is 11.3 Å². The molecule has 0 fully saturated rings. The molecule has 128 valence electrons. The number of nitrogens with one attached hydrogen (secondary N) is 2. The van der Waals surface area contributed by atoms with Crippen LogP contribution in [0.3, 0.4) is 0 Å². The molecule has 1 atom stereocenters. The lowest BCUT2D eigenvalue weighted by molar-refractivity contribution is -0.120. The van der Waals surface area contributed by atoms with E-state index in [2.05, 4.69) is 15.6 Å². The Morgan fingerprint density at radius 2 is 2.08 bits per heavy atom. The number of amides is 2. The molecule has 7 heteroatoms. The molecule has 1 aromatic carbocycles. The van der Waals surface area contributed by atoms with Crippen molar-refractivity contribution in [2.24, 2.45) is 0 Å². The summed E-state index contributed by atoms with van der Waals surface area (Å²) >= 11 is 1.41. The van der Waals surface area contributed by atoms with Crippen LogP contribution < -0.4 is 15.4 Å². The predicted octanol–water partition coefficient (Wildman–Crippen LogP) is 3.06. The van der Waals surface area contributed by atoms with E-state index in [-0.39, 0.29) is 18.2 Å². The van der Waals surface area contributed by atoms with Crippen molar-refractivity contribution in [2.45, 2.75) is 33.2 Å². The molecule has 1 heterocycles. The van der Waals surface area contributed by atoms with E-state index >= 15 is 0 Å². The van der Waals surface area contributed by atoms with Gasteiger partial charge in [0.15, 0.2) is 5.13 Å². The van der Waals surface area contributed by atoms with E-state index in [0.717, 1.165) is 10.4 Å². The van der Waals surface area contributed by atoms with Gasteiger partial charge in [0.1, 0.15) is 5.75 Å². The van der Waals surface area contributed by atoms with Crippen LogP contribution in [0.4, 0.5) is 5.13 Å². The lowest BCUT2D eigenvalue weighted by Crippen LogP contribution is -2.30. The average molecular weight is 347 g/mol. The van der Waals surface area contributed by atoms with Crippen molar-refractivity contribution < 1.29 is 14.3 Å². The smallest absolute Gasteiger partial charge is 0.228 e. The second kappa shape index (κ2) is 8.44. The molecule has 0 bridgehead atoms. The van der Waals surface area contributed by atoms with Crippen molar-refractivity contribution in [3.63, 3.8) is 0 Å². The predicted molar refractivity (Wildman–Crippen MR) is 94.3 cm³/mol. The summed E-state index contributed by atoms with van der Waals surface area (Å²) in [7, 11) is 0. The van der Waals surface area contributed by atoms with Crippen molar-refractivity contribution >= 4 is 28.3 Å². The lowest BCUT2D eigenvalue weighted by atomic mass is 10.0. The summed E-state index contributed by atoms with van der Waals surface area (Å²) in [6.45, 7) is 5.75. The Morgan fingerprint density at radius 1 is 1.33 bits per heavy atom. The minimum Gasteiger partial charge on any atom is -0.494 e. The molecule has 2 N–H and O–H groups in total. The zero-order chi connectivity index (χ0) is 17.5. The number of ether oxygens (including phenoxy) is 1. The maximum Gasteiger partial charge on any atom is 0.228 e. The fraction of sp³-hybridized carbons (Fsp3) is 0.353. The van der Waals surface area contributed by atoms with Crippen molar-refractivity contribution in [2.75, 3.05) is 11.9 Å². The van der Waals surface area contributed by atoms with Crippen LogP contribution in [0.1, 0.15) is 36.8 Å². The van der Waals surface area contributed by atoms with Crippen LogP contribution in [-0.4, -0.2) is 23.4 Å². The fourth-order valence-electron chi connectivity index (χ4n) is 2.31. The minimum absolute atomic E-state index is 0.0995. The number of hydrogen-bond donors (Lipinski definition) is 2. The number of thiazole rings is 1. The summed E-state index contributed by atoms with van der Waals surface area (Å²) in [5.41, 5.74) is 0.778. The van der Waals surface area contributed by atoms with Crippen molar-refractivity contribution in [3.05, 3.63) is 40.9 Å². The highest BCUT2D eigenvalue weighted by Gasteiger charge is 2.21. The molecular formula is C17H21N3O3S. The molecule has 0 aliphatic heterocycles. The number of hydrogen-bond acceptors (Lipinski definition) is 5. The van der Waals surface area contributed by atoms with E-state index in [1.807, 2.05) is 38.1 Å². The quantitative estimate of drug-likeness (QED) is 0.807. The third kappa shape index (κ3) is 5.06. The van der Waals surface area contributed by atoms with Crippen LogP contribution in [-0.2, 0) is 9.59 Å². The highest BCUT2D eigenvalue weighted by atomic mass is 32.1. The van der Waals surface area contributed by atoms with Crippen molar-refractivity contribution in [1.29, 1.82) is 0 Å². The highest BCUT2D eigenvalue weighted by Crippen LogP contribution is 2.28. The zero-order valence-corrected chi connectivity index (χ0v) is 14.8. The minimum atomic E-state index is -0.466. The first-order valence-corrected chi connectivity index (χ1v) is 8.52. The number of benzene rings is 1. The first kappa shape index (κ1) is 17.9. The number of anilines is 1. The third-order valence-electron chi connectivity index (χ3n) is 3.23. The maximum atomic E-state index is 12.3. The normalized spacial score (nSPS) is 11.6. The molecule has 0 saturated carbocycles. The third-order valence-corrected chi connectivity index (χ3v) is 4.06. The monoisotopic (exact) mass is 347 g/mol. The van der Waals surface area contributed by atoms with E-state index < -0.39 is 6.04 Å². The maximum absolute atomic E-state index is 12.3. The number of para-hydroxylation sites is 1. The number of carbonyl (C=O) groups excluding carboxylic acids is 2. The Morgan fingerprint density at radius 3 is 2.71 bits per heavy atom. The summed E-state index contributed by atoms with van der Waals surface area (Å²) < 4.78 is 5.61. The Kier molecular flexibility index (Phi) is 6.31. The van der Waals surface area contributed by atoms with Gasteiger partial charge < -0.3 is 15.4 Å². The molecular weight excluding hydrogens is 326 g/mol. The molecule has 2 aromatic rings. The van der Waals surface area contributed by atoms with E-state index in [1.54, 1.807) is 6.20 Å². The van der Waals surface area contributed by atoms with Gasteiger partial charge in [-0.05, 0) is 19.9 Å². The van der Waals surface area contributed by atoms with Crippen LogP contribution in [0, 0.1) is 6.92 Å². The van der Waals surface area contributed by atoms with Gasteiger partial charge in [-0.2, -0.15) is 0 Å². The van der Waals surface area contributed by atoms with Gasteiger partial charge in [-0.3, -0.25) is 9.59 Å². The van der Waals surface area contributed by atoms with Crippen molar-refractivity contribution in [1.82, 2.24) is 10.3 Å². The summed E-state index contributed by atoms with van der Waals surface area (Å²) in [4.78, 5) is 29.0. The fourth-order valence-corrected chi connectivity index (χ4v) is 2.99. The largest absolute Gasteiger partial charge is 0.494 e. The van der Waals surface area contributed by atoms with Gasteiger partial charge in [-0.15, -0.1) is 11.3 Å². The number of aromatic nitrogens is 1. The summed E-state index contributed by atoms with van der Waals surface area (Å²) in [5, 5.41) is 6.14. The number of carbonyl (C=O) groups is 2. The SMILES string of the molecule is CCOc1ccccc1[C@H](CC(=O)Nc1ncc(C)s1)NC(C)=O. The zero-order valence-electron chi connectivity index (χ0n) is 14.0. The van der Waals surface area contributed by atoms with Crippen LogP contribution in [0.2, 0.25) is 0 Å². The summed E-state index contributed by atoms with van der Waals surface area (Å²) in [6, 6.07) is 6.93. The highest BCUT2D eigenvalue weighted by molar-refractivity contribution is 7.15. The second-order valence-corrected chi connectivity index (χ2v) is 6.49. The van der Waals surface area contributed by atoms with Crippen LogP contribution in [0.25, 0.3) is 0 Å². The molecule has 0 aliphatic carbocycles. The van der Waals surface area contributed by atoms with E-state index in [4.69, 9.17) is 4.74 Å². The van der Waals surface area contributed by atoms with Crippen LogP contribution in [0.5, 0.6) is 5.75 Å².